The van der Waals surface area contributed by atoms with Crippen LogP contribution in [0.3, 0.4) is 0 Å². The van der Waals surface area contributed by atoms with Gasteiger partial charge in [0.15, 0.2) is 0 Å². The standard InChI is InChI=1S/C15H26N4/c1-4-9-16-14-10-15(19-12(3)18-14)17-11(2)13-7-5-6-8-13/h10-11,13H,4-9H2,1-3H3,(H2,16,17,18,19). The Morgan fingerprint density at radius 2 is 1.95 bits per heavy atom. The van der Waals surface area contributed by atoms with E-state index in [0.29, 0.717) is 6.04 Å². The van der Waals surface area contributed by atoms with Gasteiger partial charge in [-0.25, -0.2) is 9.97 Å². The van der Waals surface area contributed by atoms with Crippen LogP contribution in [0.5, 0.6) is 0 Å². The highest BCUT2D eigenvalue weighted by molar-refractivity contribution is 5.48. The number of hydrogen-bond donors (Lipinski definition) is 2. The minimum Gasteiger partial charge on any atom is -0.370 e. The molecule has 0 bridgehead atoms. The fourth-order valence-corrected chi connectivity index (χ4v) is 2.79. The first-order valence-electron chi connectivity index (χ1n) is 7.55. The first-order chi connectivity index (χ1) is 9.19. The van der Waals surface area contributed by atoms with E-state index in [9.17, 15) is 0 Å². The molecule has 2 rings (SSSR count). The van der Waals surface area contributed by atoms with Gasteiger partial charge in [0.1, 0.15) is 17.5 Å². The van der Waals surface area contributed by atoms with Crippen LogP contribution in [-0.2, 0) is 0 Å². The van der Waals surface area contributed by atoms with Crippen LogP contribution in [0.2, 0.25) is 0 Å². The average Bonchev–Trinajstić information content (AvgIpc) is 2.89. The summed E-state index contributed by atoms with van der Waals surface area (Å²) in [5, 5.41) is 6.88. The van der Waals surface area contributed by atoms with Gasteiger partial charge in [0.2, 0.25) is 0 Å². The van der Waals surface area contributed by atoms with E-state index >= 15 is 0 Å². The molecule has 106 valence electrons. The van der Waals surface area contributed by atoms with Crippen molar-refractivity contribution in [1.29, 1.82) is 0 Å². The maximum absolute atomic E-state index is 4.49. The number of anilines is 2. The lowest BCUT2D eigenvalue weighted by atomic mass is 10.00. The lowest BCUT2D eigenvalue weighted by Crippen LogP contribution is -2.24. The summed E-state index contributed by atoms with van der Waals surface area (Å²) in [5.41, 5.74) is 0. The zero-order valence-corrected chi connectivity index (χ0v) is 12.4. The Labute approximate surface area is 116 Å². The van der Waals surface area contributed by atoms with Crippen LogP contribution in [0.15, 0.2) is 6.07 Å². The predicted octanol–water partition coefficient (Wildman–Crippen LogP) is 3.60. The number of hydrogen-bond acceptors (Lipinski definition) is 4. The first kappa shape index (κ1) is 14.1. The van der Waals surface area contributed by atoms with Gasteiger partial charge in [0, 0.05) is 18.7 Å². The number of nitrogens with one attached hydrogen (secondary N) is 2. The second-order valence-electron chi connectivity index (χ2n) is 5.59. The van der Waals surface area contributed by atoms with E-state index in [-0.39, 0.29) is 0 Å². The highest BCUT2D eigenvalue weighted by Gasteiger charge is 2.21. The third-order valence-corrected chi connectivity index (χ3v) is 3.88. The molecule has 1 atom stereocenters. The van der Waals surface area contributed by atoms with Gasteiger partial charge in [-0.15, -0.1) is 0 Å². The number of rotatable bonds is 6. The van der Waals surface area contributed by atoms with Crippen LogP contribution < -0.4 is 10.6 Å². The molecule has 1 fully saturated rings. The fourth-order valence-electron chi connectivity index (χ4n) is 2.79. The molecule has 0 saturated heterocycles. The monoisotopic (exact) mass is 262 g/mol. The van der Waals surface area contributed by atoms with Gasteiger partial charge in [-0.1, -0.05) is 19.8 Å². The normalized spacial score (nSPS) is 17.4. The summed E-state index contributed by atoms with van der Waals surface area (Å²) >= 11 is 0. The Kier molecular flexibility index (Phi) is 5.00. The van der Waals surface area contributed by atoms with E-state index in [4.69, 9.17) is 0 Å². The molecule has 0 aliphatic heterocycles. The second kappa shape index (κ2) is 6.73. The Balaban J connectivity index is 2.00. The summed E-state index contributed by atoms with van der Waals surface area (Å²) in [5.74, 6) is 3.49. The van der Waals surface area contributed by atoms with Gasteiger partial charge in [0.25, 0.3) is 0 Å². The smallest absolute Gasteiger partial charge is 0.132 e. The van der Waals surface area contributed by atoms with Gasteiger partial charge in [-0.05, 0) is 39.0 Å². The van der Waals surface area contributed by atoms with Gasteiger partial charge in [-0.3, -0.25) is 0 Å². The molecule has 19 heavy (non-hydrogen) atoms. The Morgan fingerprint density at radius 1 is 1.26 bits per heavy atom. The molecule has 0 radical (unpaired) electrons. The molecule has 0 spiro atoms. The minimum atomic E-state index is 0.496. The average molecular weight is 262 g/mol. The van der Waals surface area contributed by atoms with E-state index in [1.165, 1.54) is 25.7 Å². The van der Waals surface area contributed by atoms with Crippen LogP contribution >= 0.6 is 0 Å². The summed E-state index contributed by atoms with van der Waals surface area (Å²) < 4.78 is 0. The van der Waals surface area contributed by atoms with E-state index < -0.39 is 0 Å². The first-order valence-corrected chi connectivity index (χ1v) is 7.55. The topological polar surface area (TPSA) is 49.8 Å². The quantitative estimate of drug-likeness (QED) is 0.822. The molecule has 1 aliphatic rings. The van der Waals surface area contributed by atoms with Crippen LogP contribution in [0, 0.1) is 12.8 Å². The zero-order valence-electron chi connectivity index (χ0n) is 12.4. The lowest BCUT2D eigenvalue weighted by Gasteiger charge is -2.21. The van der Waals surface area contributed by atoms with Crippen molar-refractivity contribution in [2.45, 2.75) is 58.9 Å². The number of aryl methyl sites for hydroxylation is 1. The highest BCUT2D eigenvalue weighted by Crippen LogP contribution is 2.29. The SMILES string of the molecule is CCCNc1cc(NC(C)C2CCCC2)nc(C)n1. The van der Waals surface area contributed by atoms with Crippen molar-refractivity contribution >= 4 is 11.6 Å². The molecule has 1 aromatic heterocycles. The lowest BCUT2D eigenvalue weighted by molar-refractivity contribution is 0.481. The molecule has 1 heterocycles. The summed E-state index contributed by atoms with van der Waals surface area (Å²) in [7, 11) is 0. The maximum atomic E-state index is 4.49. The Bertz CT molecular complexity index is 399. The Hall–Kier alpha value is -1.32. The van der Waals surface area contributed by atoms with Crippen molar-refractivity contribution in [2.75, 3.05) is 17.2 Å². The summed E-state index contributed by atoms with van der Waals surface area (Å²) in [6, 6.07) is 2.52. The second-order valence-corrected chi connectivity index (χ2v) is 5.59. The third-order valence-electron chi connectivity index (χ3n) is 3.88. The molecule has 1 unspecified atom stereocenters. The summed E-state index contributed by atoms with van der Waals surface area (Å²) in [4.78, 5) is 8.91. The summed E-state index contributed by atoms with van der Waals surface area (Å²) in [6.07, 6.45) is 6.55. The fraction of sp³-hybridized carbons (Fsp3) is 0.733. The van der Waals surface area contributed by atoms with Crippen molar-refractivity contribution in [3.63, 3.8) is 0 Å². The maximum Gasteiger partial charge on any atom is 0.132 e. The van der Waals surface area contributed by atoms with E-state index in [2.05, 4.69) is 34.4 Å². The van der Waals surface area contributed by atoms with Gasteiger partial charge in [0.05, 0.1) is 0 Å². The number of nitrogens with zero attached hydrogens (tertiary/aromatic N) is 2. The van der Waals surface area contributed by atoms with Crippen LogP contribution in [0.25, 0.3) is 0 Å². The molecule has 0 amide bonds. The molecule has 4 heteroatoms. The van der Waals surface area contributed by atoms with Crippen LogP contribution in [-0.4, -0.2) is 22.6 Å². The zero-order chi connectivity index (χ0) is 13.7. The molecular weight excluding hydrogens is 236 g/mol. The largest absolute Gasteiger partial charge is 0.370 e. The highest BCUT2D eigenvalue weighted by atomic mass is 15.1. The van der Waals surface area contributed by atoms with E-state index in [1.807, 2.05) is 13.0 Å². The molecule has 4 nitrogen and oxygen atoms in total. The number of aromatic nitrogens is 2. The molecule has 1 aromatic rings. The van der Waals surface area contributed by atoms with Crippen molar-refractivity contribution in [3.8, 4) is 0 Å². The van der Waals surface area contributed by atoms with Gasteiger partial charge in [-0.2, -0.15) is 0 Å². The van der Waals surface area contributed by atoms with Crippen molar-refractivity contribution < 1.29 is 0 Å². The van der Waals surface area contributed by atoms with E-state index in [1.54, 1.807) is 0 Å². The third kappa shape index (κ3) is 4.08. The molecule has 1 saturated carbocycles. The molecular formula is C15H26N4. The molecule has 1 aliphatic carbocycles. The van der Waals surface area contributed by atoms with Gasteiger partial charge < -0.3 is 10.6 Å². The van der Waals surface area contributed by atoms with Crippen molar-refractivity contribution in [2.24, 2.45) is 5.92 Å². The van der Waals surface area contributed by atoms with Crippen molar-refractivity contribution in [3.05, 3.63) is 11.9 Å². The van der Waals surface area contributed by atoms with Crippen LogP contribution in [0.4, 0.5) is 11.6 Å². The van der Waals surface area contributed by atoms with E-state index in [0.717, 1.165) is 36.3 Å². The molecule has 0 aromatic carbocycles. The van der Waals surface area contributed by atoms with Crippen molar-refractivity contribution in [1.82, 2.24) is 9.97 Å². The predicted molar refractivity (Wildman–Crippen MR) is 80.6 cm³/mol. The van der Waals surface area contributed by atoms with Crippen LogP contribution in [0.1, 0.15) is 51.8 Å². The summed E-state index contributed by atoms with van der Waals surface area (Å²) in [6.45, 7) is 7.32. The Morgan fingerprint density at radius 3 is 2.63 bits per heavy atom. The molecule has 2 N–H and O–H groups in total. The minimum absolute atomic E-state index is 0.496. The van der Waals surface area contributed by atoms with Gasteiger partial charge >= 0.3 is 0 Å².